The number of likely N-dealkylation sites (tertiary alicyclic amines) is 1. The summed E-state index contributed by atoms with van der Waals surface area (Å²) in [6.45, 7) is 0.847. The van der Waals surface area contributed by atoms with E-state index in [0.717, 1.165) is 10.3 Å². The van der Waals surface area contributed by atoms with E-state index in [-0.39, 0.29) is 17.7 Å². The van der Waals surface area contributed by atoms with Crippen LogP contribution in [-0.4, -0.2) is 39.4 Å². The molecule has 0 spiro atoms. The lowest BCUT2D eigenvalue weighted by Crippen LogP contribution is -2.43. The van der Waals surface area contributed by atoms with E-state index in [1.165, 1.54) is 6.07 Å². The van der Waals surface area contributed by atoms with Gasteiger partial charge in [0.1, 0.15) is 0 Å². The summed E-state index contributed by atoms with van der Waals surface area (Å²) >= 11 is 0. The van der Waals surface area contributed by atoms with Crippen molar-refractivity contribution in [2.45, 2.75) is 12.8 Å². The number of nitrogens with one attached hydrogen (secondary N) is 2. The fourth-order valence-corrected chi connectivity index (χ4v) is 4.49. The van der Waals surface area contributed by atoms with Crippen LogP contribution >= 0.6 is 0 Å². The molecule has 3 aromatic carbocycles. The summed E-state index contributed by atoms with van der Waals surface area (Å²) in [5, 5.41) is 3.22. The van der Waals surface area contributed by atoms with Crippen LogP contribution in [0.25, 0.3) is 16.6 Å². The molecule has 1 saturated heterocycles. The van der Waals surface area contributed by atoms with Gasteiger partial charge in [-0.15, -0.1) is 0 Å². The Hall–Kier alpha value is -4.46. The second-order valence-electron chi connectivity index (χ2n) is 8.61. The molecule has 1 aliphatic heterocycles. The van der Waals surface area contributed by atoms with Gasteiger partial charge in [0.2, 0.25) is 5.91 Å². The molecule has 0 bridgehead atoms. The Morgan fingerprint density at radius 1 is 0.914 bits per heavy atom. The van der Waals surface area contributed by atoms with Gasteiger partial charge in [-0.1, -0.05) is 36.4 Å². The standard InChI is InChI=1S/C27H24N4O4/c32-24(28-20-9-3-1-4-10-20)19-8-7-15-30(17-19)25(33)18-13-14-22-23(16-18)29-27(35)31(26(22)34)21-11-5-2-6-12-21/h1-6,9-14,16,19H,7-8,15,17H2,(H,28,32)(H,29,35). The molecular formula is C27H24N4O4. The summed E-state index contributed by atoms with van der Waals surface area (Å²) in [6, 6.07) is 22.6. The van der Waals surface area contributed by atoms with E-state index in [1.54, 1.807) is 47.4 Å². The van der Waals surface area contributed by atoms with Crippen molar-refractivity contribution in [1.82, 2.24) is 14.5 Å². The monoisotopic (exact) mass is 468 g/mol. The van der Waals surface area contributed by atoms with Crippen molar-refractivity contribution in [3.8, 4) is 5.69 Å². The summed E-state index contributed by atoms with van der Waals surface area (Å²) in [4.78, 5) is 56.0. The van der Waals surface area contributed by atoms with Crippen molar-refractivity contribution in [1.29, 1.82) is 0 Å². The van der Waals surface area contributed by atoms with Gasteiger partial charge < -0.3 is 15.2 Å². The Morgan fingerprint density at radius 2 is 1.63 bits per heavy atom. The number of anilines is 1. The van der Waals surface area contributed by atoms with Gasteiger partial charge in [-0.3, -0.25) is 14.4 Å². The van der Waals surface area contributed by atoms with E-state index in [4.69, 9.17) is 0 Å². The summed E-state index contributed by atoms with van der Waals surface area (Å²) in [6.07, 6.45) is 1.41. The van der Waals surface area contributed by atoms with Gasteiger partial charge in [-0.05, 0) is 55.3 Å². The third-order valence-corrected chi connectivity index (χ3v) is 6.28. The van der Waals surface area contributed by atoms with E-state index in [9.17, 15) is 19.2 Å². The zero-order valence-electron chi connectivity index (χ0n) is 18.9. The van der Waals surface area contributed by atoms with E-state index >= 15 is 0 Å². The Labute approximate surface area is 200 Å². The molecule has 0 aliphatic carbocycles. The van der Waals surface area contributed by atoms with Crippen molar-refractivity contribution in [2.24, 2.45) is 5.92 Å². The molecule has 8 heteroatoms. The number of para-hydroxylation sites is 2. The van der Waals surface area contributed by atoms with E-state index in [0.29, 0.717) is 48.1 Å². The normalized spacial score (nSPS) is 15.7. The molecule has 0 saturated carbocycles. The minimum Gasteiger partial charge on any atom is -0.338 e. The van der Waals surface area contributed by atoms with Gasteiger partial charge >= 0.3 is 5.69 Å². The van der Waals surface area contributed by atoms with Gasteiger partial charge in [0.05, 0.1) is 22.5 Å². The predicted octanol–water partition coefficient (Wildman–Crippen LogP) is 3.17. The van der Waals surface area contributed by atoms with Crippen molar-refractivity contribution < 1.29 is 9.59 Å². The maximum atomic E-state index is 13.2. The summed E-state index contributed by atoms with van der Waals surface area (Å²) in [5.41, 5.74) is 0.815. The first-order valence-corrected chi connectivity index (χ1v) is 11.5. The van der Waals surface area contributed by atoms with Gasteiger partial charge in [0, 0.05) is 24.3 Å². The number of hydrogen-bond donors (Lipinski definition) is 2. The number of aromatic amines is 1. The molecule has 1 aliphatic rings. The van der Waals surface area contributed by atoms with E-state index in [2.05, 4.69) is 10.3 Å². The Balaban J connectivity index is 1.38. The van der Waals surface area contributed by atoms with Crippen LogP contribution in [0.15, 0.2) is 88.5 Å². The highest BCUT2D eigenvalue weighted by Gasteiger charge is 2.29. The molecule has 1 fully saturated rings. The molecule has 1 aromatic heterocycles. The van der Waals surface area contributed by atoms with Crippen molar-refractivity contribution in [3.05, 3.63) is 105 Å². The average Bonchev–Trinajstić information content (AvgIpc) is 2.89. The summed E-state index contributed by atoms with van der Waals surface area (Å²) in [7, 11) is 0. The molecule has 2 N–H and O–H groups in total. The number of aromatic nitrogens is 2. The average molecular weight is 469 g/mol. The van der Waals surface area contributed by atoms with E-state index < -0.39 is 11.2 Å². The van der Waals surface area contributed by atoms with Gasteiger partial charge in [0.25, 0.3) is 11.5 Å². The van der Waals surface area contributed by atoms with Crippen LogP contribution in [0, 0.1) is 5.92 Å². The van der Waals surface area contributed by atoms with E-state index in [1.807, 2.05) is 30.3 Å². The minimum atomic E-state index is -0.575. The van der Waals surface area contributed by atoms with Crippen LogP contribution < -0.4 is 16.6 Å². The molecule has 8 nitrogen and oxygen atoms in total. The number of amides is 2. The second kappa shape index (κ2) is 9.42. The van der Waals surface area contributed by atoms with Gasteiger partial charge in [-0.25, -0.2) is 9.36 Å². The van der Waals surface area contributed by atoms with Crippen LogP contribution in [0.3, 0.4) is 0 Å². The van der Waals surface area contributed by atoms with Crippen LogP contribution in [-0.2, 0) is 4.79 Å². The van der Waals surface area contributed by atoms with Crippen LogP contribution in [0.5, 0.6) is 0 Å². The predicted molar refractivity (Wildman–Crippen MR) is 134 cm³/mol. The highest BCUT2D eigenvalue weighted by Crippen LogP contribution is 2.21. The first-order chi connectivity index (χ1) is 17.0. The first kappa shape index (κ1) is 22.3. The largest absolute Gasteiger partial charge is 0.338 e. The zero-order valence-corrected chi connectivity index (χ0v) is 18.9. The Morgan fingerprint density at radius 3 is 2.37 bits per heavy atom. The fourth-order valence-electron chi connectivity index (χ4n) is 4.49. The third-order valence-electron chi connectivity index (χ3n) is 6.28. The second-order valence-corrected chi connectivity index (χ2v) is 8.61. The minimum absolute atomic E-state index is 0.113. The SMILES string of the molecule is O=C(Nc1ccccc1)C1CCCN(C(=O)c2ccc3c(=O)n(-c4ccccc4)c(=O)[nH]c3c2)C1. The van der Waals surface area contributed by atoms with Gasteiger partial charge in [-0.2, -0.15) is 0 Å². The molecule has 2 amide bonds. The Kier molecular flexibility index (Phi) is 6.01. The summed E-state index contributed by atoms with van der Waals surface area (Å²) < 4.78 is 1.07. The number of carbonyl (C=O) groups is 2. The number of hydrogen-bond acceptors (Lipinski definition) is 4. The number of rotatable bonds is 4. The molecule has 5 rings (SSSR count). The molecule has 176 valence electrons. The maximum absolute atomic E-state index is 13.2. The number of piperidine rings is 1. The van der Waals surface area contributed by atoms with Gasteiger partial charge in [0.15, 0.2) is 0 Å². The zero-order chi connectivity index (χ0) is 24.4. The highest BCUT2D eigenvalue weighted by atomic mass is 16.2. The Bertz CT molecular complexity index is 1510. The number of benzene rings is 3. The topological polar surface area (TPSA) is 104 Å². The highest BCUT2D eigenvalue weighted by molar-refractivity contribution is 5.98. The van der Waals surface area contributed by atoms with Crippen molar-refractivity contribution in [3.63, 3.8) is 0 Å². The summed E-state index contributed by atoms with van der Waals surface area (Å²) in [5.74, 6) is -0.665. The quantitative estimate of drug-likeness (QED) is 0.480. The lowest BCUT2D eigenvalue weighted by atomic mass is 9.96. The maximum Gasteiger partial charge on any atom is 0.333 e. The fraction of sp³-hybridized carbons (Fsp3) is 0.185. The lowest BCUT2D eigenvalue weighted by molar-refractivity contribution is -0.121. The first-order valence-electron chi connectivity index (χ1n) is 11.5. The molecular weight excluding hydrogens is 444 g/mol. The smallest absolute Gasteiger partial charge is 0.333 e. The number of carbonyl (C=O) groups excluding carboxylic acids is 2. The molecule has 1 unspecified atom stereocenters. The number of H-pyrrole nitrogens is 1. The number of fused-ring (bicyclic) bond motifs is 1. The van der Waals surface area contributed by atoms with Crippen LogP contribution in [0.4, 0.5) is 5.69 Å². The lowest BCUT2D eigenvalue weighted by Gasteiger charge is -2.32. The molecule has 0 radical (unpaired) electrons. The molecule has 35 heavy (non-hydrogen) atoms. The van der Waals surface area contributed by atoms with Crippen molar-refractivity contribution >= 4 is 28.4 Å². The third kappa shape index (κ3) is 4.50. The van der Waals surface area contributed by atoms with Crippen LogP contribution in [0.2, 0.25) is 0 Å². The molecule has 4 aromatic rings. The number of nitrogens with zero attached hydrogens (tertiary/aromatic N) is 2. The van der Waals surface area contributed by atoms with Crippen LogP contribution in [0.1, 0.15) is 23.2 Å². The van der Waals surface area contributed by atoms with Crippen molar-refractivity contribution in [2.75, 3.05) is 18.4 Å². The molecule has 2 heterocycles. The molecule has 1 atom stereocenters.